The number of carbonyl (C=O) groups excluding carboxylic acids is 1. The summed E-state index contributed by atoms with van der Waals surface area (Å²) in [6.45, 7) is 7.16. The van der Waals surface area contributed by atoms with Crippen LogP contribution >= 0.6 is 0 Å². The number of benzene rings is 2. The van der Waals surface area contributed by atoms with Crippen molar-refractivity contribution in [3.63, 3.8) is 0 Å². The van der Waals surface area contributed by atoms with Gasteiger partial charge < -0.3 is 15.4 Å². The third-order valence-electron chi connectivity index (χ3n) is 4.13. The van der Waals surface area contributed by atoms with Gasteiger partial charge in [0.1, 0.15) is 5.75 Å². The standard InChI is InChI=1S/C18H24N2O2/c1-4-20(5-2)11-10-14-12-13-8-6-7-9-15(13)17(22-3)16(14)18(19)21/h6-9,12H,4-5,10-11H2,1-3H3,(H2,19,21). The molecule has 2 rings (SSSR count). The number of fused-ring (bicyclic) bond motifs is 1. The monoisotopic (exact) mass is 300 g/mol. The number of rotatable bonds is 7. The van der Waals surface area contributed by atoms with Gasteiger partial charge in [0.2, 0.25) is 0 Å². The topological polar surface area (TPSA) is 55.6 Å². The molecule has 4 nitrogen and oxygen atoms in total. The first kappa shape index (κ1) is 16.3. The Morgan fingerprint density at radius 2 is 1.91 bits per heavy atom. The van der Waals surface area contributed by atoms with Crippen molar-refractivity contribution in [2.75, 3.05) is 26.7 Å². The van der Waals surface area contributed by atoms with Crippen LogP contribution in [0.2, 0.25) is 0 Å². The molecule has 2 N–H and O–H groups in total. The fourth-order valence-electron chi connectivity index (χ4n) is 2.87. The minimum absolute atomic E-state index is 0.433. The highest BCUT2D eigenvalue weighted by Gasteiger charge is 2.18. The third-order valence-corrected chi connectivity index (χ3v) is 4.13. The molecule has 0 aliphatic heterocycles. The average molecular weight is 300 g/mol. The number of hydrogen-bond acceptors (Lipinski definition) is 3. The maximum atomic E-state index is 12.0. The first-order valence-corrected chi connectivity index (χ1v) is 7.73. The van der Waals surface area contributed by atoms with Gasteiger partial charge in [0, 0.05) is 11.9 Å². The number of ether oxygens (including phenoxy) is 1. The molecule has 0 unspecified atom stereocenters. The lowest BCUT2D eigenvalue weighted by atomic mass is 9.96. The zero-order valence-electron chi connectivity index (χ0n) is 13.6. The molecule has 2 aromatic rings. The largest absolute Gasteiger partial charge is 0.495 e. The number of nitrogens with two attached hydrogens (primary N) is 1. The van der Waals surface area contributed by atoms with E-state index in [9.17, 15) is 4.79 Å². The van der Waals surface area contributed by atoms with Gasteiger partial charge in [-0.15, -0.1) is 0 Å². The summed E-state index contributed by atoms with van der Waals surface area (Å²) in [6, 6.07) is 9.96. The van der Waals surface area contributed by atoms with Crippen molar-refractivity contribution in [2.45, 2.75) is 20.3 Å². The molecule has 0 radical (unpaired) electrons. The second-order valence-corrected chi connectivity index (χ2v) is 5.31. The van der Waals surface area contributed by atoms with Crippen LogP contribution in [0.3, 0.4) is 0 Å². The first-order valence-electron chi connectivity index (χ1n) is 7.73. The average Bonchev–Trinajstić information content (AvgIpc) is 2.54. The lowest BCUT2D eigenvalue weighted by molar-refractivity contribution is 0.0996. The molecule has 0 aliphatic rings. The van der Waals surface area contributed by atoms with Crippen molar-refractivity contribution in [1.29, 1.82) is 0 Å². The van der Waals surface area contributed by atoms with Crippen molar-refractivity contribution >= 4 is 16.7 Å². The van der Waals surface area contributed by atoms with E-state index in [1.54, 1.807) is 7.11 Å². The maximum Gasteiger partial charge on any atom is 0.252 e. The fraction of sp³-hybridized carbons (Fsp3) is 0.389. The van der Waals surface area contributed by atoms with Crippen molar-refractivity contribution in [3.05, 3.63) is 41.5 Å². The molecule has 0 aliphatic carbocycles. The molecule has 2 aromatic carbocycles. The molecule has 1 amide bonds. The molecule has 0 fully saturated rings. The maximum absolute atomic E-state index is 12.0. The number of methoxy groups -OCH3 is 1. The molecule has 22 heavy (non-hydrogen) atoms. The smallest absolute Gasteiger partial charge is 0.252 e. The van der Waals surface area contributed by atoms with Crippen LogP contribution in [0, 0.1) is 0 Å². The van der Waals surface area contributed by atoms with Crippen LogP contribution in [-0.4, -0.2) is 37.6 Å². The number of amides is 1. The van der Waals surface area contributed by atoms with Crippen molar-refractivity contribution < 1.29 is 9.53 Å². The van der Waals surface area contributed by atoms with Crippen LogP contribution in [0.25, 0.3) is 10.8 Å². The number of likely N-dealkylation sites (N-methyl/N-ethyl adjacent to an activating group) is 1. The minimum atomic E-state index is -0.433. The van der Waals surface area contributed by atoms with E-state index in [1.165, 1.54) is 0 Å². The Hall–Kier alpha value is -2.07. The number of hydrogen-bond donors (Lipinski definition) is 1. The zero-order chi connectivity index (χ0) is 16.1. The quantitative estimate of drug-likeness (QED) is 0.855. The highest BCUT2D eigenvalue weighted by molar-refractivity contribution is 6.04. The van der Waals surface area contributed by atoms with Crippen LogP contribution in [0.15, 0.2) is 30.3 Å². The molecule has 0 saturated heterocycles. The number of nitrogens with zero attached hydrogens (tertiary/aromatic N) is 1. The third kappa shape index (κ3) is 3.22. The second kappa shape index (κ2) is 7.27. The Bertz CT molecular complexity index is 663. The van der Waals surface area contributed by atoms with E-state index >= 15 is 0 Å². The Labute approximate surface area is 131 Å². The molecule has 0 heterocycles. The predicted octanol–water partition coefficient (Wildman–Crippen LogP) is 2.83. The van der Waals surface area contributed by atoms with E-state index in [0.717, 1.165) is 42.4 Å². The van der Waals surface area contributed by atoms with Gasteiger partial charge in [-0.05, 0) is 30.5 Å². The van der Waals surface area contributed by atoms with Crippen LogP contribution < -0.4 is 10.5 Å². The van der Waals surface area contributed by atoms with Crippen LogP contribution in [0.5, 0.6) is 5.75 Å². The van der Waals surface area contributed by atoms with E-state index in [0.29, 0.717) is 11.3 Å². The summed E-state index contributed by atoms with van der Waals surface area (Å²) in [7, 11) is 1.59. The van der Waals surface area contributed by atoms with Gasteiger partial charge in [-0.2, -0.15) is 0 Å². The van der Waals surface area contributed by atoms with Crippen molar-refractivity contribution in [3.8, 4) is 5.75 Å². The van der Waals surface area contributed by atoms with E-state index in [2.05, 4.69) is 24.8 Å². The summed E-state index contributed by atoms with van der Waals surface area (Å²) >= 11 is 0. The van der Waals surface area contributed by atoms with Crippen LogP contribution in [0.4, 0.5) is 0 Å². The van der Waals surface area contributed by atoms with Crippen molar-refractivity contribution in [2.24, 2.45) is 5.73 Å². The molecule has 0 aromatic heterocycles. The van der Waals surface area contributed by atoms with Gasteiger partial charge in [0.25, 0.3) is 5.91 Å². The minimum Gasteiger partial charge on any atom is -0.495 e. The van der Waals surface area contributed by atoms with Crippen LogP contribution in [-0.2, 0) is 6.42 Å². The second-order valence-electron chi connectivity index (χ2n) is 5.31. The van der Waals surface area contributed by atoms with Gasteiger partial charge in [0.05, 0.1) is 12.7 Å². The van der Waals surface area contributed by atoms with Gasteiger partial charge in [0.15, 0.2) is 0 Å². The predicted molar refractivity (Wildman–Crippen MR) is 90.5 cm³/mol. The lowest BCUT2D eigenvalue weighted by Crippen LogP contribution is -2.26. The summed E-state index contributed by atoms with van der Waals surface area (Å²) in [6.07, 6.45) is 0.779. The summed E-state index contributed by atoms with van der Waals surface area (Å²) in [4.78, 5) is 14.3. The van der Waals surface area contributed by atoms with Gasteiger partial charge in [-0.3, -0.25) is 4.79 Å². The fourth-order valence-corrected chi connectivity index (χ4v) is 2.87. The summed E-state index contributed by atoms with van der Waals surface area (Å²) < 4.78 is 5.51. The molecule has 0 atom stereocenters. The summed E-state index contributed by atoms with van der Waals surface area (Å²) in [5.41, 5.74) is 7.08. The van der Waals surface area contributed by atoms with E-state index in [1.807, 2.05) is 24.3 Å². The van der Waals surface area contributed by atoms with Crippen molar-refractivity contribution in [1.82, 2.24) is 4.90 Å². The van der Waals surface area contributed by atoms with E-state index < -0.39 is 5.91 Å². The van der Waals surface area contributed by atoms with E-state index in [4.69, 9.17) is 10.5 Å². The van der Waals surface area contributed by atoms with Gasteiger partial charge >= 0.3 is 0 Å². The lowest BCUT2D eigenvalue weighted by Gasteiger charge is -2.20. The number of carbonyl (C=O) groups is 1. The van der Waals surface area contributed by atoms with Gasteiger partial charge in [-0.25, -0.2) is 0 Å². The summed E-state index contributed by atoms with van der Waals surface area (Å²) in [5.74, 6) is 0.150. The number of primary amides is 1. The molecular weight excluding hydrogens is 276 g/mol. The Kier molecular flexibility index (Phi) is 5.39. The molecule has 0 spiro atoms. The molecular formula is C18H24N2O2. The molecule has 0 bridgehead atoms. The Morgan fingerprint density at radius 1 is 1.23 bits per heavy atom. The van der Waals surface area contributed by atoms with Crippen LogP contribution in [0.1, 0.15) is 29.8 Å². The molecule has 4 heteroatoms. The normalized spacial score (nSPS) is 11.1. The molecule has 118 valence electrons. The van der Waals surface area contributed by atoms with Gasteiger partial charge in [-0.1, -0.05) is 44.2 Å². The molecule has 0 saturated carbocycles. The first-order chi connectivity index (χ1) is 10.6. The highest BCUT2D eigenvalue weighted by atomic mass is 16.5. The Balaban J connectivity index is 2.51. The van der Waals surface area contributed by atoms with E-state index in [-0.39, 0.29) is 0 Å². The summed E-state index contributed by atoms with van der Waals surface area (Å²) in [5, 5.41) is 1.99. The highest BCUT2D eigenvalue weighted by Crippen LogP contribution is 2.32. The zero-order valence-corrected chi connectivity index (χ0v) is 13.6. The SMILES string of the molecule is CCN(CC)CCc1cc2ccccc2c(OC)c1C(N)=O. The Morgan fingerprint density at radius 3 is 2.50 bits per heavy atom.